The summed E-state index contributed by atoms with van der Waals surface area (Å²) >= 11 is 1.76. The van der Waals surface area contributed by atoms with Gasteiger partial charge in [-0.1, -0.05) is 0 Å². The van der Waals surface area contributed by atoms with Crippen LogP contribution in [0.1, 0.15) is 36.0 Å². The second kappa shape index (κ2) is 12.8. The van der Waals surface area contributed by atoms with Crippen LogP contribution in [0.25, 0.3) is 0 Å². The molecule has 1 aliphatic rings. The van der Waals surface area contributed by atoms with Gasteiger partial charge in [0, 0.05) is 28.7 Å². The number of anilines is 1. The Labute approximate surface area is 222 Å². The molecule has 1 heterocycles. The van der Waals surface area contributed by atoms with Crippen LogP contribution in [0.3, 0.4) is 0 Å². The molecule has 0 saturated carbocycles. The van der Waals surface area contributed by atoms with Crippen LogP contribution in [0.5, 0.6) is 0 Å². The highest BCUT2D eigenvalue weighted by atomic mass is 127. The molecule has 1 aliphatic heterocycles. The number of amides is 5. The van der Waals surface area contributed by atoms with E-state index in [1.54, 1.807) is 22.6 Å². The van der Waals surface area contributed by atoms with Gasteiger partial charge in [0.05, 0.1) is 22.6 Å². The van der Waals surface area contributed by atoms with E-state index < -0.39 is 83.5 Å². The number of nitrogens with two attached hydrogens (primary N) is 2. The molecule has 0 aromatic heterocycles. The standard InChI is InChI=1S/C20H24IN7O9/c21-10-6-8(28(36)37)5-9-16(10)24-4-3-11(17(23)32)25-20(35)13(7-14(22)29)27-19(34)12(26-18(9)33)1-2-15(30)31/h5-6,11-13,24H,1-4,7H2,(H2,22,29)(H2,23,32)(H,25,35)(H,26,33)(H,27,34)(H,30,31)/t11-,12-,13-/m0/s1. The largest absolute Gasteiger partial charge is 0.481 e. The van der Waals surface area contributed by atoms with E-state index in [0.717, 1.165) is 6.07 Å². The van der Waals surface area contributed by atoms with Crippen LogP contribution in [-0.2, 0) is 24.0 Å². The van der Waals surface area contributed by atoms with Crippen molar-refractivity contribution < 1.29 is 38.8 Å². The van der Waals surface area contributed by atoms with E-state index in [9.17, 15) is 38.9 Å². The maximum absolute atomic E-state index is 13.2. The average Bonchev–Trinajstić information content (AvgIpc) is 2.79. The van der Waals surface area contributed by atoms with Crippen LogP contribution >= 0.6 is 22.6 Å². The van der Waals surface area contributed by atoms with Crippen molar-refractivity contribution in [2.24, 2.45) is 11.5 Å². The second-order valence-corrected chi connectivity index (χ2v) is 9.14. The first kappa shape index (κ1) is 29.2. The number of carboxylic acids is 1. The number of nitrogens with one attached hydrogen (secondary N) is 4. The minimum atomic E-state index is -1.57. The number of hydrogen-bond donors (Lipinski definition) is 7. The Morgan fingerprint density at radius 1 is 1.08 bits per heavy atom. The smallest absolute Gasteiger partial charge is 0.303 e. The van der Waals surface area contributed by atoms with Gasteiger partial charge in [0.25, 0.3) is 11.6 Å². The molecule has 200 valence electrons. The summed E-state index contributed by atoms with van der Waals surface area (Å²) in [6.45, 7) is -0.0305. The van der Waals surface area contributed by atoms with Gasteiger partial charge in [0.2, 0.25) is 23.6 Å². The zero-order valence-electron chi connectivity index (χ0n) is 19.1. The highest BCUT2D eigenvalue weighted by Gasteiger charge is 2.32. The number of carbonyl (C=O) groups excluding carboxylic acids is 5. The van der Waals surface area contributed by atoms with E-state index in [1.807, 2.05) is 0 Å². The van der Waals surface area contributed by atoms with E-state index >= 15 is 0 Å². The zero-order valence-corrected chi connectivity index (χ0v) is 21.3. The molecule has 5 amide bonds. The number of non-ortho nitro benzene ring substituents is 1. The highest BCUT2D eigenvalue weighted by Crippen LogP contribution is 2.29. The van der Waals surface area contributed by atoms with E-state index in [-0.39, 0.29) is 27.8 Å². The lowest BCUT2D eigenvalue weighted by molar-refractivity contribution is -0.385. The number of carboxylic acid groups (broad SMARTS) is 1. The Morgan fingerprint density at radius 2 is 1.73 bits per heavy atom. The summed E-state index contributed by atoms with van der Waals surface area (Å²) in [5.41, 5.74) is 10.0. The molecule has 1 aromatic carbocycles. The third-order valence-electron chi connectivity index (χ3n) is 5.23. The molecule has 0 radical (unpaired) electrons. The molecule has 37 heavy (non-hydrogen) atoms. The normalized spacial score (nSPS) is 20.7. The van der Waals surface area contributed by atoms with Crippen molar-refractivity contribution in [3.05, 3.63) is 31.4 Å². The fourth-order valence-electron chi connectivity index (χ4n) is 3.41. The number of nitrogens with zero attached hydrogens (tertiary/aromatic N) is 1. The number of aliphatic carboxylic acids is 1. The topological polar surface area (TPSA) is 266 Å². The Balaban J connectivity index is 2.58. The molecule has 9 N–H and O–H groups in total. The first-order valence-electron chi connectivity index (χ1n) is 10.7. The van der Waals surface area contributed by atoms with Crippen molar-refractivity contribution in [2.75, 3.05) is 11.9 Å². The third-order valence-corrected chi connectivity index (χ3v) is 6.08. The van der Waals surface area contributed by atoms with E-state index in [0.29, 0.717) is 0 Å². The lowest BCUT2D eigenvalue weighted by Crippen LogP contribution is -2.57. The summed E-state index contributed by atoms with van der Waals surface area (Å²) < 4.78 is 0.261. The molecule has 0 unspecified atom stereocenters. The molecular weight excluding hydrogens is 609 g/mol. The predicted molar refractivity (Wildman–Crippen MR) is 134 cm³/mol. The van der Waals surface area contributed by atoms with E-state index in [2.05, 4.69) is 21.3 Å². The van der Waals surface area contributed by atoms with Crippen LogP contribution in [-0.4, -0.2) is 70.2 Å². The molecule has 0 fully saturated rings. The number of fused-ring (bicyclic) bond motifs is 1. The van der Waals surface area contributed by atoms with Crippen molar-refractivity contribution in [3.8, 4) is 0 Å². The first-order chi connectivity index (χ1) is 17.3. The third kappa shape index (κ3) is 8.26. The summed E-state index contributed by atoms with van der Waals surface area (Å²) in [7, 11) is 0. The van der Waals surface area contributed by atoms with Crippen molar-refractivity contribution in [3.63, 3.8) is 0 Å². The second-order valence-electron chi connectivity index (χ2n) is 7.98. The van der Waals surface area contributed by atoms with Gasteiger partial charge in [0.1, 0.15) is 18.1 Å². The quantitative estimate of drug-likeness (QED) is 0.102. The fourth-order valence-corrected chi connectivity index (χ4v) is 4.21. The minimum absolute atomic E-state index is 0.0305. The van der Waals surface area contributed by atoms with Gasteiger partial charge in [-0.15, -0.1) is 0 Å². The number of hydrogen-bond acceptors (Lipinski definition) is 9. The van der Waals surface area contributed by atoms with E-state index in [4.69, 9.17) is 16.6 Å². The molecule has 1 aromatic rings. The molecule has 16 nitrogen and oxygen atoms in total. The minimum Gasteiger partial charge on any atom is -0.481 e. The van der Waals surface area contributed by atoms with Crippen LogP contribution in [0.15, 0.2) is 12.1 Å². The number of rotatable bonds is 7. The highest BCUT2D eigenvalue weighted by molar-refractivity contribution is 14.1. The van der Waals surface area contributed by atoms with Crippen molar-refractivity contribution in [1.82, 2.24) is 16.0 Å². The predicted octanol–water partition coefficient (Wildman–Crippen LogP) is -1.69. The Hall–Kier alpha value is -4.03. The number of halogens is 1. The van der Waals surface area contributed by atoms with Gasteiger partial charge in [-0.2, -0.15) is 0 Å². The van der Waals surface area contributed by atoms with Crippen molar-refractivity contribution in [2.45, 2.75) is 43.8 Å². The summed E-state index contributed by atoms with van der Waals surface area (Å²) in [6, 6.07) is -2.18. The lowest BCUT2D eigenvalue weighted by atomic mass is 10.0. The first-order valence-corrected chi connectivity index (χ1v) is 11.8. The number of nitro groups is 1. The number of carbonyl (C=O) groups is 6. The summed E-state index contributed by atoms with van der Waals surface area (Å²) in [5, 5.41) is 30.2. The SMILES string of the molecule is NC(=O)C[C@@H]1NC(=O)[C@H](CCC(=O)O)NC(=O)c2cc([N+](=O)[O-])cc(I)c2NCC[C@@H](C(N)=O)NC1=O. The molecule has 3 atom stereocenters. The van der Waals surface area contributed by atoms with Gasteiger partial charge in [-0.05, 0) is 35.4 Å². The molecule has 0 bridgehead atoms. The van der Waals surface area contributed by atoms with E-state index in [1.165, 1.54) is 6.07 Å². The molecule has 0 saturated heterocycles. The van der Waals surface area contributed by atoms with Crippen molar-refractivity contribution in [1.29, 1.82) is 0 Å². The zero-order chi connectivity index (χ0) is 27.9. The van der Waals surface area contributed by atoms with Gasteiger partial charge in [0.15, 0.2) is 0 Å². The molecule has 2 rings (SSSR count). The maximum atomic E-state index is 13.2. The summed E-state index contributed by atoms with van der Waals surface area (Å²) in [5.74, 6) is -6.12. The van der Waals surface area contributed by atoms with Crippen LogP contribution in [0.2, 0.25) is 0 Å². The van der Waals surface area contributed by atoms with Gasteiger partial charge in [-0.25, -0.2) is 0 Å². The van der Waals surface area contributed by atoms with Crippen LogP contribution in [0.4, 0.5) is 11.4 Å². The van der Waals surface area contributed by atoms with Crippen LogP contribution < -0.4 is 32.7 Å². The number of benzene rings is 1. The fraction of sp³-hybridized carbons (Fsp3) is 0.400. The number of primary amides is 2. The Kier molecular flexibility index (Phi) is 10.1. The maximum Gasteiger partial charge on any atom is 0.303 e. The Morgan fingerprint density at radius 3 is 2.30 bits per heavy atom. The lowest BCUT2D eigenvalue weighted by Gasteiger charge is -2.25. The van der Waals surface area contributed by atoms with Gasteiger partial charge in [-0.3, -0.25) is 38.9 Å². The molecule has 0 spiro atoms. The molecule has 0 aliphatic carbocycles. The molecule has 17 heteroatoms. The molecular formula is C20H24IN7O9. The van der Waals surface area contributed by atoms with Gasteiger partial charge < -0.3 is 37.8 Å². The monoisotopic (exact) mass is 633 g/mol. The Bertz CT molecular complexity index is 1140. The van der Waals surface area contributed by atoms with Crippen LogP contribution in [0, 0.1) is 13.7 Å². The number of nitro benzene ring substituents is 1. The average molecular weight is 633 g/mol. The summed E-state index contributed by atoms with van der Waals surface area (Å²) in [4.78, 5) is 84.1. The van der Waals surface area contributed by atoms with Crippen molar-refractivity contribution >= 4 is 69.5 Å². The van der Waals surface area contributed by atoms with Gasteiger partial charge >= 0.3 is 5.97 Å². The summed E-state index contributed by atoms with van der Waals surface area (Å²) in [6.07, 6.45) is -1.75.